The minimum Gasteiger partial charge on any atom is -0.392 e. The molecule has 0 aromatic rings. The minimum atomic E-state index is 0.185. The SMILES string of the molecule is CC(C)N1CCC(/C=C\CO)CC1. The van der Waals surface area contributed by atoms with Crippen molar-refractivity contribution in [3.63, 3.8) is 0 Å². The summed E-state index contributed by atoms with van der Waals surface area (Å²) in [5, 5.41) is 8.64. The van der Waals surface area contributed by atoms with Gasteiger partial charge in [0.25, 0.3) is 0 Å². The lowest BCUT2D eigenvalue weighted by Gasteiger charge is -2.33. The van der Waals surface area contributed by atoms with Crippen LogP contribution in [-0.4, -0.2) is 35.7 Å². The summed E-state index contributed by atoms with van der Waals surface area (Å²) in [7, 11) is 0. The van der Waals surface area contributed by atoms with Crippen molar-refractivity contribution in [2.75, 3.05) is 19.7 Å². The molecule has 1 N–H and O–H groups in total. The third-order valence-electron chi connectivity index (χ3n) is 2.82. The molecule has 1 aliphatic rings. The van der Waals surface area contributed by atoms with Crippen LogP contribution in [0.5, 0.6) is 0 Å². The van der Waals surface area contributed by atoms with Crippen LogP contribution in [-0.2, 0) is 0 Å². The maximum absolute atomic E-state index is 8.64. The first-order valence-corrected chi connectivity index (χ1v) is 5.25. The van der Waals surface area contributed by atoms with E-state index >= 15 is 0 Å². The van der Waals surface area contributed by atoms with Crippen molar-refractivity contribution in [3.05, 3.63) is 12.2 Å². The minimum absolute atomic E-state index is 0.185. The summed E-state index contributed by atoms with van der Waals surface area (Å²) in [5.74, 6) is 0.696. The van der Waals surface area contributed by atoms with Gasteiger partial charge in [0.05, 0.1) is 6.61 Å². The molecule has 0 bridgehead atoms. The highest BCUT2D eigenvalue weighted by molar-refractivity contribution is 4.91. The van der Waals surface area contributed by atoms with Gasteiger partial charge in [0.15, 0.2) is 0 Å². The zero-order valence-corrected chi connectivity index (χ0v) is 8.74. The van der Waals surface area contributed by atoms with Gasteiger partial charge in [-0.05, 0) is 45.7 Å². The van der Waals surface area contributed by atoms with Gasteiger partial charge in [0.1, 0.15) is 0 Å². The summed E-state index contributed by atoms with van der Waals surface area (Å²) in [6.07, 6.45) is 6.52. The van der Waals surface area contributed by atoms with Crippen LogP contribution in [0, 0.1) is 5.92 Å². The second-order valence-electron chi connectivity index (χ2n) is 4.08. The van der Waals surface area contributed by atoms with Gasteiger partial charge in [-0.15, -0.1) is 0 Å². The molecule has 0 saturated carbocycles. The monoisotopic (exact) mass is 183 g/mol. The fraction of sp³-hybridized carbons (Fsp3) is 0.818. The second-order valence-corrected chi connectivity index (χ2v) is 4.08. The molecule has 0 amide bonds. The van der Waals surface area contributed by atoms with Gasteiger partial charge in [0, 0.05) is 6.04 Å². The van der Waals surface area contributed by atoms with E-state index in [1.165, 1.54) is 25.9 Å². The molecule has 2 nitrogen and oxygen atoms in total. The highest BCUT2D eigenvalue weighted by atomic mass is 16.2. The molecular formula is C11H21NO. The van der Waals surface area contributed by atoms with E-state index in [1.807, 2.05) is 6.08 Å². The first-order valence-electron chi connectivity index (χ1n) is 5.25. The first-order chi connectivity index (χ1) is 6.24. The van der Waals surface area contributed by atoms with Gasteiger partial charge in [-0.1, -0.05) is 12.2 Å². The van der Waals surface area contributed by atoms with Crippen molar-refractivity contribution in [2.45, 2.75) is 32.7 Å². The lowest BCUT2D eigenvalue weighted by atomic mass is 9.96. The van der Waals surface area contributed by atoms with Gasteiger partial charge in [-0.25, -0.2) is 0 Å². The van der Waals surface area contributed by atoms with E-state index in [0.717, 1.165) is 0 Å². The Kier molecular flexibility index (Phi) is 4.46. The predicted octanol–water partition coefficient (Wildman–Crippen LogP) is 1.66. The Hall–Kier alpha value is -0.340. The Labute approximate surface area is 81.2 Å². The highest BCUT2D eigenvalue weighted by Gasteiger charge is 2.18. The van der Waals surface area contributed by atoms with E-state index in [-0.39, 0.29) is 6.61 Å². The van der Waals surface area contributed by atoms with Crippen LogP contribution in [0.3, 0.4) is 0 Å². The van der Waals surface area contributed by atoms with Crippen molar-refractivity contribution in [1.29, 1.82) is 0 Å². The van der Waals surface area contributed by atoms with E-state index in [0.29, 0.717) is 12.0 Å². The van der Waals surface area contributed by atoms with E-state index in [1.54, 1.807) is 0 Å². The summed E-state index contributed by atoms with van der Waals surface area (Å²) < 4.78 is 0. The number of likely N-dealkylation sites (tertiary alicyclic amines) is 1. The van der Waals surface area contributed by atoms with Crippen LogP contribution in [0.1, 0.15) is 26.7 Å². The number of hydrogen-bond acceptors (Lipinski definition) is 2. The van der Waals surface area contributed by atoms with Gasteiger partial charge >= 0.3 is 0 Å². The average Bonchev–Trinajstić information content (AvgIpc) is 2.15. The van der Waals surface area contributed by atoms with Crippen LogP contribution in [0.15, 0.2) is 12.2 Å². The Morgan fingerprint density at radius 3 is 2.46 bits per heavy atom. The van der Waals surface area contributed by atoms with Gasteiger partial charge in [-0.3, -0.25) is 0 Å². The maximum Gasteiger partial charge on any atom is 0.0612 e. The molecule has 0 aromatic heterocycles. The largest absolute Gasteiger partial charge is 0.392 e. The standard InChI is InChI=1S/C11H21NO/c1-10(2)12-7-5-11(6-8-12)4-3-9-13/h3-4,10-11,13H,5-9H2,1-2H3/b4-3-. The Morgan fingerprint density at radius 2 is 2.00 bits per heavy atom. The topological polar surface area (TPSA) is 23.5 Å². The quantitative estimate of drug-likeness (QED) is 0.673. The van der Waals surface area contributed by atoms with Gasteiger partial charge in [0.2, 0.25) is 0 Å². The Balaban J connectivity index is 2.26. The molecule has 0 aromatic carbocycles. The Morgan fingerprint density at radius 1 is 1.38 bits per heavy atom. The van der Waals surface area contributed by atoms with Crippen molar-refractivity contribution in [3.8, 4) is 0 Å². The predicted molar refractivity (Wildman–Crippen MR) is 55.7 cm³/mol. The zero-order chi connectivity index (χ0) is 9.68. The maximum atomic E-state index is 8.64. The summed E-state index contributed by atoms with van der Waals surface area (Å²) in [6, 6.07) is 0.683. The number of allylic oxidation sites excluding steroid dienone is 1. The summed E-state index contributed by atoms with van der Waals surface area (Å²) >= 11 is 0. The molecule has 1 aliphatic heterocycles. The molecule has 0 radical (unpaired) electrons. The number of aliphatic hydroxyl groups is 1. The van der Waals surface area contributed by atoms with Crippen LogP contribution < -0.4 is 0 Å². The third-order valence-corrected chi connectivity index (χ3v) is 2.82. The van der Waals surface area contributed by atoms with Gasteiger partial charge < -0.3 is 10.0 Å². The van der Waals surface area contributed by atoms with E-state index in [4.69, 9.17) is 5.11 Å². The van der Waals surface area contributed by atoms with Crippen LogP contribution >= 0.6 is 0 Å². The summed E-state index contributed by atoms with van der Waals surface area (Å²) in [4.78, 5) is 2.52. The Bertz CT molecular complexity index is 157. The molecule has 13 heavy (non-hydrogen) atoms. The molecule has 1 fully saturated rings. The second kappa shape index (κ2) is 5.40. The number of aliphatic hydroxyl groups excluding tert-OH is 1. The van der Waals surface area contributed by atoms with Crippen molar-refractivity contribution in [1.82, 2.24) is 4.90 Å². The van der Waals surface area contributed by atoms with Crippen LogP contribution in [0.2, 0.25) is 0 Å². The fourth-order valence-corrected chi connectivity index (χ4v) is 1.88. The molecule has 1 heterocycles. The van der Waals surface area contributed by atoms with Crippen LogP contribution in [0.4, 0.5) is 0 Å². The number of nitrogens with zero attached hydrogens (tertiary/aromatic N) is 1. The normalized spacial score (nSPS) is 21.8. The van der Waals surface area contributed by atoms with E-state index in [2.05, 4.69) is 24.8 Å². The third kappa shape index (κ3) is 3.49. The number of rotatable bonds is 3. The van der Waals surface area contributed by atoms with Crippen molar-refractivity contribution >= 4 is 0 Å². The molecule has 0 aliphatic carbocycles. The molecule has 0 unspecified atom stereocenters. The first kappa shape index (κ1) is 10.7. The average molecular weight is 183 g/mol. The summed E-state index contributed by atoms with van der Waals surface area (Å²) in [5.41, 5.74) is 0. The lowest BCUT2D eigenvalue weighted by Crippen LogP contribution is -2.38. The molecule has 1 rings (SSSR count). The highest BCUT2D eigenvalue weighted by Crippen LogP contribution is 2.19. The molecule has 0 atom stereocenters. The lowest BCUT2D eigenvalue weighted by molar-refractivity contribution is 0.164. The molecule has 76 valence electrons. The van der Waals surface area contributed by atoms with Crippen LogP contribution in [0.25, 0.3) is 0 Å². The van der Waals surface area contributed by atoms with E-state index in [9.17, 15) is 0 Å². The zero-order valence-electron chi connectivity index (χ0n) is 8.74. The van der Waals surface area contributed by atoms with Gasteiger partial charge in [-0.2, -0.15) is 0 Å². The molecule has 0 spiro atoms. The number of piperidine rings is 1. The molecule has 2 heteroatoms. The summed E-state index contributed by atoms with van der Waals surface area (Å²) in [6.45, 7) is 7.11. The molecular weight excluding hydrogens is 162 g/mol. The van der Waals surface area contributed by atoms with Crippen molar-refractivity contribution < 1.29 is 5.11 Å². The molecule has 1 saturated heterocycles. The smallest absolute Gasteiger partial charge is 0.0612 e. The van der Waals surface area contributed by atoms with E-state index < -0.39 is 0 Å². The fourth-order valence-electron chi connectivity index (χ4n) is 1.88. The van der Waals surface area contributed by atoms with Crippen molar-refractivity contribution in [2.24, 2.45) is 5.92 Å². The number of hydrogen-bond donors (Lipinski definition) is 1.